The van der Waals surface area contributed by atoms with Crippen molar-refractivity contribution in [3.8, 4) is 21.7 Å². The van der Waals surface area contributed by atoms with Gasteiger partial charge in [0.05, 0.1) is 20.4 Å². The maximum Gasteiger partial charge on any atom is 0.238 e. The topological polar surface area (TPSA) is 107 Å². The molecule has 33 heavy (non-hydrogen) atoms. The van der Waals surface area contributed by atoms with Gasteiger partial charge in [-0.25, -0.2) is 31.3 Å². The van der Waals surface area contributed by atoms with Crippen LogP contribution in [0.4, 0.5) is 4.39 Å². The van der Waals surface area contributed by atoms with Gasteiger partial charge in [-0.15, -0.1) is 11.3 Å². The van der Waals surface area contributed by atoms with Crippen LogP contribution < -0.4 is 5.14 Å². The summed E-state index contributed by atoms with van der Waals surface area (Å²) < 4.78 is 63.0. The number of nitrogens with two attached hydrogens (primary N) is 1. The van der Waals surface area contributed by atoms with E-state index in [0.29, 0.717) is 16.0 Å². The number of thiazole rings is 1. The van der Waals surface area contributed by atoms with Gasteiger partial charge in [0.15, 0.2) is 0 Å². The van der Waals surface area contributed by atoms with Crippen molar-refractivity contribution in [2.45, 2.75) is 14.1 Å². The minimum absolute atomic E-state index is 0.105. The molecule has 2 N–H and O–H groups in total. The van der Waals surface area contributed by atoms with Crippen LogP contribution in [0.5, 0.6) is 0 Å². The number of primary sulfonamides is 1. The number of benzene rings is 3. The van der Waals surface area contributed by atoms with Crippen LogP contribution in [0, 0.1) is 5.82 Å². The summed E-state index contributed by atoms with van der Waals surface area (Å²) in [5.74, 6) is -0.455. The molecule has 1 aromatic heterocycles. The number of hydrogen-bond acceptors (Lipinski definition) is 6. The number of sulfone groups is 1. The molecule has 4 rings (SSSR count). The Hall–Kier alpha value is -2.34. The molecular formula is C21H13Cl2FN2O4S3. The Morgan fingerprint density at radius 3 is 1.88 bits per heavy atom. The van der Waals surface area contributed by atoms with Crippen LogP contribution >= 0.6 is 34.5 Å². The van der Waals surface area contributed by atoms with Gasteiger partial charge < -0.3 is 0 Å². The molecule has 0 radical (unpaired) electrons. The fourth-order valence-corrected chi connectivity index (χ4v) is 6.95. The SMILES string of the molecule is NS(=O)(=O)c1ccc(-c2nc(S(=O)(=O)c3cc(Cl)cc(Cl)c3)sc2-c2ccc(F)cc2)cc1. The van der Waals surface area contributed by atoms with Crippen LogP contribution in [0.1, 0.15) is 0 Å². The van der Waals surface area contributed by atoms with Gasteiger partial charge in [0.1, 0.15) is 5.82 Å². The van der Waals surface area contributed by atoms with Gasteiger partial charge in [-0.05, 0) is 48.0 Å². The molecule has 0 bridgehead atoms. The summed E-state index contributed by atoms with van der Waals surface area (Å²) in [6.07, 6.45) is 0. The minimum Gasteiger partial charge on any atom is -0.225 e. The molecule has 0 saturated heterocycles. The number of aromatic nitrogens is 1. The summed E-state index contributed by atoms with van der Waals surface area (Å²) >= 11 is 12.8. The number of rotatable bonds is 5. The average molecular weight is 543 g/mol. The number of halogens is 3. The highest BCUT2D eigenvalue weighted by Gasteiger charge is 2.27. The van der Waals surface area contributed by atoms with Crippen LogP contribution in [-0.2, 0) is 19.9 Å². The Morgan fingerprint density at radius 2 is 1.33 bits per heavy atom. The molecule has 0 fully saturated rings. The predicted molar refractivity (Wildman–Crippen MR) is 126 cm³/mol. The molecule has 0 amide bonds. The highest BCUT2D eigenvalue weighted by molar-refractivity contribution is 7.93. The summed E-state index contributed by atoms with van der Waals surface area (Å²) in [5.41, 5.74) is 1.26. The highest BCUT2D eigenvalue weighted by Crippen LogP contribution is 2.40. The lowest BCUT2D eigenvalue weighted by Crippen LogP contribution is -2.11. The minimum atomic E-state index is -4.09. The quantitative estimate of drug-likeness (QED) is 0.363. The second kappa shape index (κ2) is 8.79. The largest absolute Gasteiger partial charge is 0.238 e. The second-order valence-electron chi connectivity index (χ2n) is 6.84. The molecule has 6 nitrogen and oxygen atoms in total. The van der Waals surface area contributed by atoms with Crippen molar-refractivity contribution < 1.29 is 21.2 Å². The molecule has 1 heterocycles. The monoisotopic (exact) mass is 542 g/mol. The number of sulfonamides is 1. The normalized spacial score (nSPS) is 12.1. The standard InChI is InChI=1S/C21H13Cl2FN2O4S3/c22-14-9-15(23)11-18(10-14)32(27,28)21-26-19(12-3-7-17(8-4-12)33(25,29)30)20(31-21)13-1-5-16(24)6-2-13/h1-11H,(H2,25,29,30). The maximum absolute atomic E-state index is 13.5. The van der Waals surface area contributed by atoms with Crippen molar-refractivity contribution in [2.75, 3.05) is 0 Å². The van der Waals surface area contributed by atoms with E-state index in [9.17, 15) is 21.2 Å². The van der Waals surface area contributed by atoms with Gasteiger partial charge in [0.2, 0.25) is 24.2 Å². The average Bonchev–Trinajstić information content (AvgIpc) is 3.19. The van der Waals surface area contributed by atoms with E-state index in [-0.39, 0.29) is 29.9 Å². The third-order valence-electron chi connectivity index (χ3n) is 4.55. The Kier molecular flexibility index (Phi) is 6.34. The van der Waals surface area contributed by atoms with Crippen LogP contribution in [0.15, 0.2) is 80.9 Å². The molecule has 170 valence electrons. The summed E-state index contributed by atoms with van der Waals surface area (Å²) in [4.78, 5) is 4.56. The smallest absolute Gasteiger partial charge is 0.225 e. The van der Waals surface area contributed by atoms with Gasteiger partial charge in [0, 0.05) is 15.6 Å². The van der Waals surface area contributed by atoms with Crippen LogP contribution in [0.2, 0.25) is 10.0 Å². The van der Waals surface area contributed by atoms with E-state index in [0.717, 1.165) is 11.3 Å². The van der Waals surface area contributed by atoms with E-state index >= 15 is 0 Å². The van der Waals surface area contributed by atoms with Crippen molar-refractivity contribution in [1.82, 2.24) is 4.98 Å². The fraction of sp³-hybridized carbons (Fsp3) is 0. The third-order valence-corrected chi connectivity index (χ3v) is 9.13. The summed E-state index contributed by atoms with van der Waals surface area (Å²) in [6, 6.07) is 14.9. The van der Waals surface area contributed by atoms with E-state index in [2.05, 4.69) is 4.98 Å². The van der Waals surface area contributed by atoms with Crippen molar-refractivity contribution in [2.24, 2.45) is 5.14 Å². The summed E-state index contributed by atoms with van der Waals surface area (Å²) in [7, 11) is -8.00. The zero-order valence-corrected chi connectivity index (χ0v) is 20.3. The molecule has 0 aliphatic heterocycles. The van der Waals surface area contributed by atoms with Gasteiger partial charge in [0.25, 0.3) is 0 Å². The van der Waals surface area contributed by atoms with E-state index in [4.69, 9.17) is 28.3 Å². The summed E-state index contributed by atoms with van der Waals surface area (Å²) in [5, 5.41) is 5.45. The maximum atomic E-state index is 13.5. The molecule has 0 atom stereocenters. The van der Waals surface area contributed by atoms with Crippen molar-refractivity contribution in [3.05, 3.63) is 82.6 Å². The molecule has 3 aromatic carbocycles. The van der Waals surface area contributed by atoms with E-state index in [1.54, 1.807) is 0 Å². The Morgan fingerprint density at radius 1 is 0.788 bits per heavy atom. The fourth-order valence-electron chi connectivity index (χ4n) is 3.00. The van der Waals surface area contributed by atoms with Gasteiger partial charge >= 0.3 is 0 Å². The molecule has 0 saturated carbocycles. The first-order valence-electron chi connectivity index (χ1n) is 9.06. The van der Waals surface area contributed by atoms with Gasteiger partial charge in [-0.2, -0.15) is 0 Å². The third kappa shape index (κ3) is 4.96. The van der Waals surface area contributed by atoms with Gasteiger partial charge in [-0.3, -0.25) is 0 Å². The van der Waals surface area contributed by atoms with Crippen LogP contribution in [-0.4, -0.2) is 21.8 Å². The summed E-state index contributed by atoms with van der Waals surface area (Å²) in [6.45, 7) is 0. The van der Waals surface area contributed by atoms with Crippen LogP contribution in [0.3, 0.4) is 0 Å². The lowest BCUT2D eigenvalue weighted by molar-refractivity contribution is 0.594. The van der Waals surface area contributed by atoms with Crippen molar-refractivity contribution in [3.63, 3.8) is 0 Å². The van der Waals surface area contributed by atoms with Crippen LogP contribution in [0.25, 0.3) is 21.7 Å². The Bertz CT molecular complexity index is 1550. The molecule has 4 aromatic rings. The first-order valence-corrected chi connectivity index (χ1v) is 13.7. The number of hydrogen-bond donors (Lipinski definition) is 1. The zero-order valence-electron chi connectivity index (χ0n) is 16.4. The zero-order chi connectivity index (χ0) is 24.0. The van der Waals surface area contributed by atoms with E-state index in [1.807, 2.05) is 0 Å². The lowest BCUT2D eigenvalue weighted by Gasteiger charge is -2.04. The highest BCUT2D eigenvalue weighted by atomic mass is 35.5. The molecule has 0 unspecified atom stereocenters. The van der Waals surface area contributed by atoms with E-state index in [1.165, 1.54) is 66.7 Å². The van der Waals surface area contributed by atoms with Crippen molar-refractivity contribution in [1.29, 1.82) is 0 Å². The molecule has 0 aliphatic carbocycles. The van der Waals surface area contributed by atoms with Gasteiger partial charge in [-0.1, -0.05) is 47.5 Å². The Labute approximate surface area is 203 Å². The van der Waals surface area contributed by atoms with E-state index < -0.39 is 25.7 Å². The molecule has 12 heteroatoms. The first kappa shape index (κ1) is 23.8. The Balaban J connectivity index is 1.91. The van der Waals surface area contributed by atoms with Crippen molar-refractivity contribution >= 4 is 54.4 Å². The predicted octanol–water partition coefficient (Wildman–Crippen LogP) is 5.40. The first-order chi connectivity index (χ1) is 15.4. The molecule has 0 spiro atoms. The second-order valence-corrected chi connectivity index (χ2v) is 12.4. The molecular weight excluding hydrogens is 530 g/mol. The molecule has 0 aliphatic rings. The lowest BCUT2D eigenvalue weighted by atomic mass is 10.1. The number of nitrogens with zero attached hydrogens (tertiary/aromatic N) is 1.